The summed E-state index contributed by atoms with van der Waals surface area (Å²) in [6.07, 6.45) is 11.2. The van der Waals surface area contributed by atoms with Crippen LogP contribution in [-0.4, -0.2) is 47.6 Å². The Balaban J connectivity index is 1.35. The Morgan fingerprint density at radius 2 is 2.12 bits per heavy atom. The van der Waals surface area contributed by atoms with Crippen LogP contribution in [0.3, 0.4) is 0 Å². The molecule has 2 fully saturated rings. The summed E-state index contributed by atoms with van der Waals surface area (Å²) in [5, 5.41) is 22.9. The number of benzene rings is 1. The molecule has 0 bridgehead atoms. The number of aromatic nitrogens is 5. The Labute approximate surface area is 190 Å². The number of anilines is 1. The van der Waals surface area contributed by atoms with E-state index in [1.54, 1.807) is 29.3 Å². The van der Waals surface area contributed by atoms with Crippen molar-refractivity contribution in [3.8, 4) is 5.75 Å². The van der Waals surface area contributed by atoms with Crippen LogP contribution in [-0.2, 0) is 0 Å². The van der Waals surface area contributed by atoms with Crippen molar-refractivity contribution in [3.05, 3.63) is 48.7 Å². The lowest BCUT2D eigenvalue weighted by atomic mass is 9.84. The molecule has 0 saturated heterocycles. The molecule has 9 nitrogen and oxygen atoms in total. The molecule has 2 aliphatic carbocycles. The van der Waals surface area contributed by atoms with Crippen molar-refractivity contribution in [3.63, 3.8) is 0 Å². The molecule has 3 aromatic heterocycles. The molecule has 3 atom stereocenters. The number of amides is 1. The molecule has 2 N–H and O–H groups in total. The Kier molecular flexibility index (Phi) is 4.79. The third kappa shape index (κ3) is 3.82. The smallest absolute Gasteiger partial charge is 0.259 e. The fraction of sp³-hybridized carbons (Fsp3) is 0.417. The molecule has 6 rings (SSSR count). The molecule has 33 heavy (non-hydrogen) atoms. The molecule has 4 aromatic rings. The van der Waals surface area contributed by atoms with Gasteiger partial charge in [0, 0.05) is 23.8 Å². The second kappa shape index (κ2) is 7.84. The summed E-state index contributed by atoms with van der Waals surface area (Å²) in [4.78, 5) is 17.4. The fourth-order valence-electron chi connectivity index (χ4n) is 4.76. The molecule has 3 heterocycles. The number of aliphatic hydroxyl groups excluding tert-OH is 1. The molecule has 0 spiro atoms. The predicted octanol–water partition coefficient (Wildman–Crippen LogP) is 3.59. The summed E-state index contributed by atoms with van der Waals surface area (Å²) in [6.45, 7) is 2.16. The number of ether oxygens (including phenoxy) is 1. The van der Waals surface area contributed by atoms with Gasteiger partial charge in [-0.25, -0.2) is 9.50 Å². The van der Waals surface area contributed by atoms with Crippen LogP contribution in [0, 0.1) is 5.92 Å². The molecule has 1 amide bonds. The quantitative estimate of drug-likeness (QED) is 0.485. The summed E-state index contributed by atoms with van der Waals surface area (Å²) in [5.74, 6) is 0.636. The number of hydrogen-bond acceptors (Lipinski definition) is 6. The van der Waals surface area contributed by atoms with Gasteiger partial charge in [0.1, 0.15) is 12.1 Å². The van der Waals surface area contributed by atoms with Crippen molar-refractivity contribution in [2.75, 3.05) is 5.32 Å². The van der Waals surface area contributed by atoms with E-state index < -0.39 is 0 Å². The Hall–Kier alpha value is -3.46. The second-order valence-electron chi connectivity index (χ2n) is 9.27. The maximum Gasteiger partial charge on any atom is 0.259 e. The standard InChI is InChI=1S/C24H26N6O3/c1-14-8-16(31)2-5-21(14)29-12-15-9-18(23(10-19(15)28-29)33-17-3-4-17)24(32)27-20-11-26-30-13-25-7-6-22(20)30/h6-7,9-14,16-17,21,31H,2-5,8H2,1H3,(H,27,32)/t14-,16+,21-/m0/s1. The molecule has 2 saturated carbocycles. The molecule has 170 valence electrons. The van der Waals surface area contributed by atoms with Crippen LogP contribution in [0.1, 0.15) is 55.4 Å². The van der Waals surface area contributed by atoms with Crippen molar-refractivity contribution in [2.24, 2.45) is 5.92 Å². The summed E-state index contributed by atoms with van der Waals surface area (Å²) in [7, 11) is 0. The van der Waals surface area contributed by atoms with Crippen molar-refractivity contribution >= 4 is 28.0 Å². The van der Waals surface area contributed by atoms with E-state index in [-0.39, 0.29) is 24.2 Å². The number of rotatable bonds is 5. The van der Waals surface area contributed by atoms with E-state index in [2.05, 4.69) is 22.3 Å². The van der Waals surface area contributed by atoms with Crippen LogP contribution >= 0.6 is 0 Å². The van der Waals surface area contributed by atoms with E-state index in [1.165, 1.54) is 0 Å². The monoisotopic (exact) mass is 446 g/mol. The van der Waals surface area contributed by atoms with Crippen LogP contribution in [0.15, 0.2) is 43.1 Å². The van der Waals surface area contributed by atoms with Crippen molar-refractivity contribution < 1.29 is 14.6 Å². The average Bonchev–Trinajstić information content (AvgIpc) is 3.38. The van der Waals surface area contributed by atoms with Gasteiger partial charge in [0.2, 0.25) is 0 Å². The van der Waals surface area contributed by atoms with Gasteiger partial charge in [-0.15, -0.1) is 0 Å². The molecular weight excluding hydrogens is 420 g/mol. The summed E-state index contributed by atoms with van der Waals surface area (Å²) in [6, 6.07) is 5.78. The lowest BCUT2D eigenvalue weighted by Gasteiger charge is -2.31. The van der Waals surface area contributed by atoms with E-state index in [0.717, 1.165) is 48.5 Å². The maximum atomic E-state index is 13.3. The van der Waals surface area contributed by atoms with Crippen LogP contribution in [0.2, 0.25) is 0 Å². The summed E-state index contributed by atoms with van der Waals surface area (Å²) >= 11 is 0. The molecule has 0 aliphatic heterocycles. The predicted molar refractivity (Wildman–Crippen MR) is 122 cm³/mol. The Morgan fingerprint density at radius 3 is 2.94 bits per heavy atom. The van der Waals surface area contributed by atoms with Crippen LogP contribution in [0.4, 0.5) is 5.69 Å². The van der Waals surface area contributed by atoms with Crippen LogP contribution in [0.25, 0.3) is 16.4 Å². The van der Waals surface area contributed by atoms with Gasteiger partial charge in [-0.2, -0.15) is 10.2 Å². The first-order valence-corrected chi connectivity index (χ1v) is 11.5. The Bertz CT molecular complexity index is 1340. The molecule has 2 aliphatic rings. The van der Waals surface area contributed by atoms with Gasteiger partial charge in [-0.3, -0.25) is 9.48 Å². The van der Waals surface area contributed by atoms with Crippen molar-refractivity contribution in [1.82, 2.24) is 24.4 Å². The Morgan fingerprint density at radius 1 is 1.24 bits per heavy atom. The van der Waals surface area contributed by atoms with Crippen LogP contribution in [0.5, 0.6) is 5.75 Å². The molecule has 9 heteroatoms. The second-order valence-corrected chi connectivity index (χ2v) is 9.27. The first-order chi connectivity index (χ1) is 16.0. The fourth-order valence-corrected chi connectivity index (χ4v) is 4.76. The van der Waals surface area contributed by atoms with E-state index in [9.17, 15) is 9.90 Å². The highest BCUT2D eigenvalue weighted by molar-refractivity contribution is 6.09. The molecule has 1 aromatic carbocycles. The third-order valence-corrected chi connectivity index (χ3v) is 6.70. The maximum absolute atomic E-state index is 13.3. The van der Waals surface area contributed by atoms with Gasteiger partial charge in [-0.1, -0.05) is 6.92 Å². The number of hydrogen-bond donors (Lipinski definition) is 2. The van der Waals surface area contributed by atoms with E-state index in [1.807, 2.05) is 23.0 Å². The van der Waals surface area contributed by atoms with Crippen molar-refractivity contribution in [1.29, 1.82) is 0 Å². The normalized spacial score (nSPS) is 23.2. The highest BCUT2D eigenvalue weighted by Gasteiger charge is 2.30. The van der Waals surface area contributed by atoms with Gasteiger partial charge in [0.25, 0.3) is 5.91 Å². The SMILES string of the molecule is C[C@H]1C[C@H](O)CC[C@@H]1n1cc2cc(C(=O)Nc3cnn4cnccc34)c(OC3CC3)cc2n1. The molecular formula is C24H26N6O3. The number of nitrogens with one attached hydrogen (secondary N) is 1. The summed E-state index contributed by atoms with van der Waals surface area (Å²) < 4.78 is 9.73. The van der Waals surface area contributed by atoms with Crippen LogP contribution < -0.4 is 10.1 Å². The zero-order valence-corrected chi connectivity index (χ0v) is 18.4. The minimum Gasteiger partial charge on any atom is -0.490 e. The molecule has 0 unspecified atom stereocenters. The summed E-state index contributed by atoms with van der Waals surface area (Å²) in [5.41, 5.74) is 2.67. The topological polar surface area (TPSA) is 107 Å². The number of carbonyl (C=O) groups is 1. The zero-order chi connectivity index (χ0) is 22.5. The average molecular weight is 447 g/mol. The van der Waals surface area contributed by atoms with E-state index >= 15 is 0 Å². The van der Waals surface area contributed by atoms with Gasteiger partial charge >= 0.3 is 0 Å². The lowest BCUT2D eigenvalue weighted by molar-refractivity contribution is 0.0750. The first kappa shape index (κ1) is 20.2. The largest absolute Gasteiger partial charge is 0.490 e. The third-order valence-electron chi connectivity index (χ3n) is 6.70. The number of carbonyl (C=O) groups excluding carboxylic acids is 1. The van der Waals surface area contributed by atoms with Gasteiger partial charge in [0.05, 0.1) is 46.7 Å². The first-order valence-electron chi connectivity index (χ1n) is 11.5. The van der Waals surface area contributed by atoms with E-state index in [0.29, 0.717) is 22.9 Å². The van der Waals surface area contributed by atoms with Gasteiger partial charge in [-0.05, 0) is 50.2 Å². The minimum atomic E-state index is -0.249. The minimum absolute atomic E-state index is 0.152. The lowest BCUT2D eigenvalue weighted by Crippen LogP contribution is -2.28. The highest BCUT2D eigenvalue weighted by atomic mass is 16.5. The number of nitrogens with zero attached hydrogens (tertiary/aromatic N) is 5. The number of fused-ring (bicyclic) bond motifs is 2. The highest BCUT2D eigenvalue weighted by Crippen LogP contribution is 2.36. The zero-order valence-electron chi connectivity index (χ0n) is 18.4. The van der Waals surface area contributed by atoms with Gasteiger partial charge in [0.15, 0.2) is 0 Å². The van der Waals surface area contributed by atoms with E-state index in [4.69, 9.17) is 9.84 Å². The van der Waals surface area contributed by atoms with Gasteiger partial charge < -0.3 is 15.2 Å². The van der Waals surface area contributed by atoms with Crippen molar-refractivity contribution in [2.45, 2.75) is 57.3 Å². The molecule has 0 radical (unpaired) electrons. The number of aliphatic hydroxyl groups is 1.